The molecule has 0 aliphatic carbocycles. The third-order valence-corrected chi connectivity index (χ3v) is 2.02. The van der Waals surface area contributed by atoms with E-state index in [2.05, 4.69) is 20.8 Å². The molecule has 1 aliphatic heterocycles. The van der Waals surface area contributed by atoms with Crippen molar-refractivity contribution in [3.8, 4) is 0 Å². The summed E-state index contributed by atoms with van der Waals surface area (Å²) < 4.78 is 99.6. The van der Waals surface area contributed by atoms with Crippen molar-refractivity contribution in [1.82, 2.24) is 0 Å². The van der Waals surface area contributed by atoms with Crippen LogP contribution in [0.15, 0.2) is 12.4 Å². The van der Waals surface area contributed by atoms with Crippen molar-refractivity contribution in [3.63, 3.8) is 0 Å². The van der Waals surface area contributed by atoms with Gasteiger partial charge in [-0.1, -0.05) is 6.58 Å². The lowest BCUT2D eigenvalue weighted by atomic mass is 10.3. The first kappa shape index (κ1) is 16.2. The molecular formula is C9H9F7O3. The molecule has 1 saturated heterocycles. The molecule has 0 amide bonds. The van der Waals surface area contributed by atoms with E-state index in [1.54, 1.807) is 0 Å². The Hall–Kier alpha value is -0.870. The predicted octanol–water partition coefficient (Wildman–Crippen LogP) is 2.72. The number of epoxide rings is 1. The van der Waals surface area contributed by atoms with Gasteiger partial charge in [0.15, 0.2) is 5.83 Å². The molecule has 0 radical (unpaired) electrons. The maximum atomic E-state index is 13.4. The quantitative estimate of drug-likeness (QED) is 0.535. The van der Waals surface area contributed by atoms with E-state index in [0.29, 0.717) is 0 Å². The van der Waals surface area contributed by atoms with E-state index in [4.69, 9.17) is 0 Å². The lowest BCUT2D eigenvalue weighted by molar-refractivity contribution is -0.412. The normalized spacial score (nSPS) is 23.0. The molecule has 3 nitrogen and oxygen atoms in total. The Morgan fingerprint density at radius 2 is 1.74 bits per heavy atom. The minimum Gasteiger partial charge on any atom is -0.372 e. The summed E-state index contributed by atoms with van der Waals surface area (Å²) in [7, 11) is 0. The highest BCUT2D eigenvalue weighted by molar-refractivity contribution is 4.93. The van der Waals surface area contributed by atoms with E-state index in [1.165, 1.54) is 0 Å². The topological polar surface area (TPSA) is 31.0 Å². The molecular weight excluding hydrogens is 289 g/mol. The molecule has 2 unspecified atom stereocenters. The zero-order valence-electron chi connectivity index (χ0n) is 9.28. The van der Waals surface area contributed by atoms with Gasteiger partial charge in [0.2, 0.25) is 0 Å². The average molecular weight is 298 g/mol. The zero-order chi connectivity index (χ0) is 14.9. The maximum Gasteiger partial charge on any atom is 0.451 e. The first-order chi connectivity index (χ1) is 8.48. The Labute approximate surface area is 102 Å². The van der Waals surface area contributed by atoms with Crippen LogP contribution in [0.5, 0.6) is 0 Å². The van der Waals surface area contributed by atoms with Crippen LogP contribution < -0.4 is 0 Å². The Bertz CT molecular complexity index is 339. The zero-order valence-corrected chi connectivity index (χ0v) is 9.28. The molecule has 0 N–H and O–H groups in total. The van der Waals surface area contributed by atoms with Crippen LogP contribution in [-0.2, 0) is 14.2 Å². The fourth-order valence-electron chi connectivity index (χ4n) is 0.914. The van der Waals surface area contributed by atoms with E-state index >= 15 is 0 Å². The Morgan fingerprint density at radius 1 is 1.21 bits per heavy atom. The van der Waals surface area contributed by atoms with Crippen molar-refractivity contribution in [1.29, 1.82) is 0 Å². The summed E-state index contributed by atoms with van der Waals surface area (Å²) in [6.07, 6.45) is -11.5. The van der Waals surface area contributed by atoms with E-state index in [1.807, 2.05) is 0 Å². The van der Waals surface area contributed by atoms with Crippen molar-refractivity contribution >= 4 is 0 Å². The molecule has 19 heavy (non-hydrogen) atoms. The third kappa shape index (κ3) is 4.32. The summed E-state index contributed by atoms with van der Waals surface area (Å²) >= 11 is 0. The molecule has 0 aromatic rings. The first-order valence-corrected chi connectivity index (χ1v) is 4.86. The maximum absolute atomic E-state index is 13.4. The molecule has 0 bridgehead atoms. The summed E-state index contributed by atoms with van der Waals surface area (Å²) in [5.41, 5.74) is 0. The fraction of sp³-hybridized carbons (Fsp3) is 0.778. The molecule has 1 heterocycles. The van der Waals surface area contributed by atoms with Crippen LogP contribution in [0.3, 0.4) is 0 Å². The molecule has 0 aromatic carbocycles. The van der Waals surface area contributed by atoms with Gasteiger partial charge in [-0.3, -0.25) is 4.74 Å². The SMILES string of the molecule is C=C(F)C(F)(F)OC(F)(COCC1CO1)C(F)(F)F. The van der Waals surface area contributed by atoms with Gasteiger partial charge in [-0.2, -0.15) is 26.3 Å². The highest BCUT2D eigenvalue weighted by Crippen LogP contribution is 2.41. The van der Waals surface area contributed by atoms with Crippen molar-refractivity contribution < 1.29 is 44.9 Å². The van der Waals surface area contributed by atoms with Crippen molar-refractivity contribution in [3.05, 3.63) is 12.4 Å². The van der Waals surface area contributed by atoms with Crippen LogP contribution in [0.1, 0.15) is 0 Å². The number of hydrogen-bond acceptors (Lipinski definition) is 3. The van der Waals surface area contributed by atoms with Crippen LogP contribution in [0, 0.1) is 0 Å². The fourth-order valence-corrected chi connectivity index (χ4v) is 0.914. The second-order valence-electron chi connectivity index (χ2n) is 3.72. The van der Waals surface area contributed by atoms with Gasteiger partial charge in [0.1, 0.15) is 12.7 Å². The van der Waals surface area contributed by atoms with Crippen molar-refractivity contribution in [2.24, 2.45) is 0 Å². The number of ether oxygens (including phenoxy) is 3. The summed E-state index contributed by atoms with van der Waals surface area (Å²) in [5, 5.41) is 0. The average Bonchev–Trinajstić information content (AvgIpc) is 2.98. The van der Waals surface area contributed by atoms with Crippen LogP contribution in [-0.4, -0.2) is 44.1 Å². The van der Waals surface area contributed by atoms with Gasteiger partial charge in [-0.05, 0) is 0 Å². The van der Waals surface area contributed by atoms with Crippen molar-refractivity contribution in [2.45, 2.75) is 24.2 Å². The van der Waals surface area contributed by atoms with E-state index in [9.17, 15) is 30.7 Å². The second kappa shape index (κ2) is 5.25. The smallest absolute Gasteiger partial charge is 0.372 e. The van der Waals surface area contributed by atoms with Gasteiger partial charge in [-0.25, -0.2) is 4.39 Å². The summed E-state index contributed by atoms with van der Waals surface area (Å²) in [6, 6.07) is 0. The molecule has 1 rings (SSSR count). The van der Waals surface area contributed by atoms with E-state index in [0.717, 1.165) is 0 Å². The van der Waals surface area contributed by atoms with Gasteiger partial charge in [0.05, 0.1) is 13.2 Å². The Kier molecular flexibility index (Phi) is 4.47. The summed E-state index contributed by atoms with van der Waals surface area (Å²) in [6.45, 7) is -0.0122. The number of alkyl halides is 6. The van der Waals surface area contributed by atoms with E-state index in [-0.39, 0.29) is 6.61 Å². The number of halogens is 7. The second-order valence-corrected chi connectivity index (χ2v) is 3.72. The largest absolute Gasteiger partial charge is 0.451 e. The molecule has 2 atom stereocenters. The third-order valence-electron chi connectivity index (χ3n) is 2.02. The standard InChI is InChI=1S/C9H9F7O3/c1-5(10)8(12,13)19-7(11,9(14,15)16)4-17-2-6-3-18-6/h6H,1-4H2. The number of rotatable bonds is 7. The lowest BCUT2D eigenvalue weighted by Gasteiger charge is -2.30. The monoisotopic (exact) mass is 298 g/mol. The van der Waals surface area contributed by atoms with Crippen LogP contribution in [0.25, 0.3) is 0 Å². The van der Waals surface area contributed by atoms with Crippen LogP contribution >= 0.6 is 0 Å². The van der Waals surface area contributed by atoms with Crippen molar-refractivity contribution in [2.75, 3.05) is 19.8 Å². The molecule has 1 aliphatic rings. The Morgan fingerprint density at radius 3 is 2.11 bits per heavy atom. The molecule has 0 spiro atoms. The molecule has 112 valence electrons. The number of hydrogen-bond donors (Lipinski definition) is 0. The van der Waals surface area contributed by atoms with Gasteiger partial charge in [-0.15, -0.1) is 0 Å². The molecule has 1 fully saturated rings. The van der Waals surface area contributed by atoms with Crippen LogP contribution in [0.4, 0.5) is 30.7 Å². The minimum absolute atomic E-state index is 0.212. The van der Waals surface area contributed by atoms with Crippen LogP contribution in [0.2, 0.25) is 0 Å². The predicted molar refractivity (Wildman–Crippen MR) is 46.7 cm³/mol. The highest BCUT2D eigenvalue weighted by atomic mass is 19.4. The molecule has 10 heteroatoms. The molecule has 0 saturated carbocycles. The lowest BCUT2D eigenvalue weighted by Crippen LogP contribution is -2.51. The highest BCUT2D eigenvalue weighted by Gasteiger charge is 2.63. The first-order valence-electron chi connectivity index (χ1n) is 4.86. The van der Waals surface area contributed by atoms with E-state index < -0.39 is 43.3 Å². The minimum atomic E-state index is -5.84. The molecule has 0 aromatic heterocycles. The van der Waals surface area contributed by atoms with Gasteiger partial charge in [0.25, 0.3) is 0 Å². The van der Waals surface area contributed by atoms with Gasteiger partial charge in [0, 0.05) is 0 Å². The van der Waals surface area contributed by atoms with Gasteiger partial charge < -0.3 is 9.47 Å². The van der Waals surface area contributed by atoms with Gasteiger partial charge >= 0.3 is 18.1 Å². The summed E-state index contributed by atoms with van der Waals surface area (Å²) in [5.74, 6) is -7.41. The summed E-state index contributed by atoms with van der Waals surface area (Å²) in [4.78, 5) is 0. The Balaban J connectivity index is 2.70.